The third kappa shape index (κ3) is 17.5. The fourth-order valence-electron chi connectivity index (χ4n) is 2.29. The van der Waals surface area contributed by atoms with Crippen molar-refractivity contribution in [2.45, 2.75) is 91.3 Å². The van der Waals surface area contributed by atoms with E-state index in [1.165, 1.54) is 57.8 Å². The van der Waals surface area contributed by atoms with Crippen molar-refractivity contribution >= 4 is 5.91 Å². The Kier molecular flexibility index (Phi) is 9.84. The predicted molar refractivity (Wildman–Crippen MR) is 84.3 cm³/mol. The molecule has 0 saturated carbocycles. The molecule has 0 aliphatic rings. The zero-order valence-corrected chi connectivity index (χ0v) is 13.0. The quantitative estimate of drug-likeness (QED) is 0.466. The van der Waals surface area contributed by atoms with Crippen LogP contribution in [0, 0.1) is 5.92 Å². The molecule has 1 N–H and O–H groups in total. The third-order valence-electron chi connectivity index (χ3n) is 3.49. The van der Waals surface area contributed by atoms with Crippen LogP contribution in [0.1, 0.15) is 95.4 Å². The van der Waals surface area contributed by atoms with Gasteiger partial charge in [0.1, 0.15) is 0 Å². The van der Waals surface area contributed by atoms with Crippen molar-refractivity contribution in [2.24, 2.45) is 5.92 Å². The van der Waals surface area contributed by atoms with Gasteiger partial charge in [0.25, 0.3) is 0 Å². The number of hydrogen-bond donors (Lipinski definition) is 1. The van der Waals surface area contributed by atoms with Gasteiger partial charge in [-0.05, 0) is 12.3 Å². The molecule has 0 atom stereocenters. The SMILES string of the molecule is [2H]C([2H])([2H])C(=O)NCCCCCCCCCCCCC(C)C. The molecular weight excluding hydrogens is 234 g/mol. The number of rotatable bonds is 13. The highest BCUT2D eigenvalue weighted by Crippen LogP contribution is 2.13. The number of carbonyl (C=O) groups is 1. The Labute approximate surface area is 125 Å². The number of unbranched alkanes of at least 4 members (excludes halogenated alkanes) is 9. The summed E-state index contributed by atoms with van der Waals surface area (Å²) < 4.78 is 20.8. The molecule has 0 aromatic carbocycles. The van der Waals surface area contributed by atoms with E-state index < -0.39 is 12.8 Å². The topological polar surface area (TPSA) is 29.1 Å². The van der Waals surface area contributed by atoms with E-state index in [2.05, 4.69) is 19.2 Å². The number of nitrogens with one attached hydrogen (secondary N) is 1. The highest BCUT2D eigenvalue weighted by Gasteiger charge is 1.96. The number of amides is 1. The maximum atomic E-state index is 11.1. The third-order valence-corrected chi connectivity index (χ3v) is 3.49. The van der Waals surface area contributed by atoms with Crippen LogP contribution >= 0.6 is 0 Å². The van der Waals surface area contributed by atoms with Gasteiger partial charge in [-0.2, -0.15) is 0 Å². The van der Waals surface area contributed by atoms with E-state index in [-0.39, 0.29) is 0 Å². The lowest BCUT2D eigenvalue weighted by Crippen LogP contribution is -2.20. The van der Waals surface area contributed by atoms with Crippen LogP contribution in [0.3, 0.4) is 0 Å². The molecule has 0 heterocycles. The smallest absolute Gasteiger partial charge is 0.216 e. The fourth-order valence-corrected chi connectivity index (χ4v) is 2.29. The van der Waals surface area contributed by atoms with Gasteiger partial charge >= 0.3 is 0 Å². The van der Waals surface area contributed by atoms with Crippen molar-refractivity contribution in [1.29, 1.82) is 0 Å². The first-order valence-corrected chi connectivity index (χ1v) is 8.12. The zero-order chi connectivity index (χ0) is 16.8. The highest BCUT2D eigenvalue weighted by molar-refractivity contribution is 5.72. The minimum atomic E-state index is -2.50. The molecule has 1 amide bonds. The Balaban J connectivity index is 3.16. The van der Waals surface area contributed by atoms with Gasteiger partial charge in [-0.3, -0.25) is 4.79 Å². The van der Waals surface area contributed by atoms with Crippen LogP contribution in [0.25, 0.3) is 0 Å². The van der Waals surface area contributed by atoms with E-state index in [0.29, 0.717) is 6.54 Å². The minimum Gasteiger partial charge on any atom is -0.356 e. The van der Waals surface area contributed by atoms with E-state index in [4.69, 9.17) is 4.11 Å². The lowest BCUT2D eigenvalue weighted by Gasteiger charge is -2.05. The highest BCUT2D eigenvalue weighted by atomic mass is 16.1. The Bertz CT molecular complexity index is 278. The summed E-state index contributed by atoms with van der Waals surface area (Å²) in [6.07, 6.45) is 13.8. The average molecular weight is 272 g/mol. The largest absolute Gasteiger partial charge is 0.356 e. The molecule has 114 valence electrons. The molecule has 0 aliphatic heterocycles. The standard InChI is InChI=1S/C17H35NO/c1-16(2)14-12-10-8-6-4-5-7-9-11-13-15-18-17(3)19/h16H,4-15H2,1-3H3,(H,18,19)/i3D3. The zero-order valence-electron chi connectivity index (χ0n) is 16.0. The molecule has 19 heavy (non-hydrogen) atoms. The van der Waals surface area contributed by atoms with E-state index in [0.717, 1.165) is 18.8 Å². The first-order valence-electron chi connectivity index (χ1n) is 9.62. The first-order chi connectivity index (χ1) is 10.3. The van der Waals surface area contributed by atoms with Gasteiger partial charge in [-0.25, -0.2) is 0 Å². The molecule has 0 spiro atoms. The van der Waals surface area contributed by atoms with Crippen molar-refractivity contribution in [3.8, 4) is 0 Å². The van der Waals surface area contributed by atoms with Gasteiger partial charge in [0.05, 0.1) is 0 Å². The molecule has 0 bridgehead atoms. The average Bonchev–Trinajstić information content (AvgIpc) is 2.42. The molecule has 0 aromatic heterocycles. The molecular formula is C17H35NO. The second kappa shape index (κ2) is 13.9. The van der Waals surface area contributed by atoms with E-state index in [1.807, 2.05) is 0 Å². The first kappa shape index (κ1) is 13.5. The maximum Gasteiger partial charge on any atom is 0.216 e. The van der Waals surface area contributed by atoms with E-state index in [9.17, 15) is 4.79 Å². The van der Waals surface area contributed by atoms with Crippen molar-refractivity contribution in [3.05, 3.63) is 0 Å². The van der Waals surface area contributed by atoms with Crippen LogP contribution in [0.4, 0.5) is 0 Å². The van der Waals surface area contributed by atoms with Crippen molar-refractivity contribution in [2.75, 3.05) is 6.54 Å². The second-order valence-corrected chi connectivity index (χ2v) is 5.97. The molecule has 0 saturated heterocycles. The molecule has 0 aromatic rings. The van der Waals surface area contributed by atoms with Crippen LogP contribution in [-0.4, -0.2) is 12.5 Å². The van der Waals surface area contributed by atoms with Gasteiger partial charge in [-0.15, -0.1) is 0 Å². The summed E-state index contributed by atoms with van der Waals surface area (Å²) in [6.45, 7) is 2.55. The molecule has 0 aliphatic carbocycles. The van der Waals surface area contributed by atoms with Gasteiger partial charge in [0, 0.05) is 17.5 Å². The van der Waals surface area contributed by atoms with Crippen LogP contribution in [-0.2, 0) is 4.79 Å². The minimum absolute atomic E-state index is 0.479. The Morgan fingerprint density at radius 1 is 0.895 bits per heavy atom. The predicted octanol–water partition coefficient (Wildman–Crippen LogP) is 5.07. The van der Waals surface area contributed by atoms with Crippen LogP contribution in [0.5, 0.6) is 0 Å². The van der Waals surface area contributed by atoms with E-state index >= 15 is 0 Å². The molecule has 0 radical (unpaired) electrons. The van der Waals surface area contributed by atoms with Crippen molar-refractivity contribution in [3.63, 3.8) is 0 Å². The summed E-state index contributed by atoms with van der Waals surface area (Å²) in [5, 5.41) is 2.46. The normalized spacial score (nSPS) is 13.9. The summed E-state index contributed by atoms with van der Waals surface area (Å²) in [6, 6.07) is 0. The van der Waals surface area contributed by atoms with Crippen molar-refractivity contribution in [1.82, 2.24) is 5.32 Å². The van der Waals surface area contributed by atoms with Gasteiger partial charge in [0.15, 0.2) is 0 Å². The molecule has 2 heteroatoms. The maximum absolute atomic E-state index is 11.1. The van der Waals surface area contributed by atoms with E-state index in [1.54, 1.807) is 0 Å². The summed E-state index contributed by atoms with van der Waals surface area (Å²) in [5.74, 6) is 0.00881. The molecule has 2 nitrogen and oxygen atoms in total. The van der Waals surface area contributed by atoms with Gasteiger partial charge in [-0.1, -0.05) is 78.1 Å². The van der Waals surface area contributed by atoms with Gasteiger partial charge in [0.2, 0.25) is 5.91 Å². The second-order valence-electron chi connectivity index (χ2n) is 5.97. The summed E-state index contributed by atoms with van der Waals surface area (Å²) in [7, 11) is 0. The van der Waals surface area contributed by atoms with Crippen molar-refractivity contribution < 1.29 is 8.91 Å². The molecule has 0 fully saturated rings. The Morgan fingerprint density at radius 3 is 1.84 bits per heavy atom. The van der Waals surface area contributed by atoms with Crippen LogP contribution < -0.4 is 5.32 Å². The number of carbonyl (C=O) groups excluding carboxylic acids is 1. The lowest BCUT2D eigenvalue weighted by molar-refractivity contribution is -0.118. The molecule has 0 unspecified atom stereocenters. The summed E-state index contributed by atoms with van der Waals surface area (Å²) >= 11 is 0. The lowest BCUT2D eigenvalue weighted by atomic mass is 10.0. The van der Waals surface area contributed by atoms with Crippen LogP contribution in [0.2, 0.25) is 0 Å². The Hall–Kier alpha value is -0.530. The van der Waals surface area contributed by atoms with Crippen LogP contribution in [0.15, 0.2) is 0 Å². The summed E-state index contributed by atoms with van der Waals surface area (Å²) in [5.41, 5.74) is 0. The molecule has 0 rings (SSSR count). The van der Waals surface area contributed by atoms with Gasteiger partial charge < -0.3 is 5.32 Å². The fraction of sp³-hybridized carbons (Fsp3) is 0.941. The monoisotopic (exact) mass is 272 g/mol. The summed E-state index contributed by atoms with van der Waals surface area (Å²) in [4.78, 5) is 11.1. The number of hydrogen-bond acceptors (Lipinski definition) is 1. The Morgan fingerprint density at radius 2 is 1.37 bits per heavy atom.